The van der Waals surface area contributed by atoms with Crippen LogP contribution in [0.15, 0.2) is 0 Å². The quantitative estimate of drug-likeness (QED) is 0.474. The van der Waals surface area contributed by atoms with Gasteiger partial charge in [0, 0.05) is 6.54 Å². The van der Waals surface area contributed by atoms with Gasteiger partial charge >= 0.3 is 0 Å². The molecule has 5 heteroatoms. The molecule has 134 valence electrons. The molecule has 0 aromatic heterocycles. The second-order valence-corrected chi connectivity index (χ2v) is 5.90. The molecule has 5 nitrogen and oxygen atoms in total. The van der Waals surface area contributed by atoms with Crippen LogP contribution in [-0.4, -0.2) is 96.5 Å². The van der Waals surface area contributed by atoms with Crippen molar-refractivity contribution in [1.82, 2.24) is 14.7 Å². The third-order valence-electron chi connectivity index (χ3n) is 4.37. The lowest BCUT2D eigenvalue weighted by molar-refractivity contribution is 0.0565. The highest BCUT2D eigenvalue weighted by Crippen LogP contribution is 2.01. The van der Waals surface area contributed by atoms with Crippen molar-refractivity contribution < 1.29 is 10.2 Å². The van der Waals surface area contributed by atoms with Crippen molar-refractivity contribution in [1.29, 1.82) is 0 Å². The monoisotopic (exact) mass is 317 g/mol. The molecule has 0 aliphatic heterocycles. The lowest BCUT2D eigenvalue weighted by Gasteiger charge is -2.27. The highest BCUT2D eigenvalue weighted by atomic mass is 16.3. The van der Waals surface area contributed by atoms with Crippen LogP contribution < -0.4 is 0 Å². The number of rotatable bonds is 15. The number of aliphatic hydroxyl groups is 2. The zero-order chi connectivity index (χ0) is 16.8. The van der Waals surface area contributed by atoms with E-state index in [-0.39, 0.29) is 6.61 Å². The van der Waals surface area contributed by atoms with Gasteiger partial charge in [-0.2, -0.15) is 0 Å². The fourth-order valence-corrected chi connectivity index (χ4v) is 2.77. The lowest BCUT2D eigenvalue weighted by atomic mass is 10.2. The summed E-state index contributed by atoms with van der Waals surface area (Å²) >= 11 is 0. The second-order valence-electron chi connectivity index (χ2n) is 5.90. The zero-order valence-electron chi connectivity index (χ0n) is 15.3. The number of hydrogen-bond donors (Lipinski definition) is 2. The standard InChI is InChI=1S/C17H39N3O2/c1-5-18(6-2)11-9-13-20(15-17(22)16-21)14-10-12-19(7-3)8-4/h17,21-22H,5-16H2,1-4H3. The molecule has 0 aliphatic rings. The molecule has 0 aliphatic carbocycles. The van der Waals surface area contributed by atoms with Crippen LogP contribution >= 0.6 is 0 Å². The summed E-state index contributed by atoms with van der Waals surface area (Å²) in [5.41, 5.74) is 0. The third kappa shape index (κ3) is 10.5. The Morgan fingerprint density at radius 3 is 1.36 bits per heavy atom. The van der Waals surface area contributed by atoms with Crippen LogP contribution in [-0.2, 0) is 0 Å². The summed E-state index contributed by atoms with van der Waals surface area (Å²) in [4.78, 5) is 7.15. The summed E-state index contributed by atoms with van der Waals surface area (Å²) in [6, 6.07) is 0. The van der Waals surface area contributed by atoms with Crippen molar-refractivity contribution in [3.8, 4) is 0 Å². The Hall–Kier alpha value is -0.200. The first kappa shape index (κ1) is 21.8. The Kier molecular flexibility index (Phi) is 14.3. The first-order valence-corrected chi connectivity index (χ1v) is 9.07. The van der Waals surface area contributed by atoms with Crippen LogP contribution in [0.1, 0.15) is 40.5 Å². The van der Waals surface area contributed by atoms with E-state index in [1.54, 1.807) is 0 Å². The van der Waals surface area contributed by atoms with Gasteiger partial charge in [0.25, 0.3) is 0 Å². The van der Waals surface area contributed by atoms with Crippen molar-refractivity contribution >= 4 is 0 Å². The molecule has 2 N–H and O–H groups in total. The molecule has 1 unspecified atom stereocenters. The maximum atomic E-state index is 9.72. The Morgan fingerprint density at radius 1 is 0.682 bits per heavy atom. The van der Waals surface area contributed by atoms with Gasteiger partial charge in [0.15, 0.2) is 0 Å². The Labute approximate surface area is 137 Å². The molecule has 22 heavy (non-hydrogen) atoms. The molecule has 0 aromatic carbocycles. The highest BCUT2D eigenvalue weighted by Gasteiger charge is 2.12. The predicted octanol–water partition coefficient (Wildman–Crippen LogP) is 1.11. The van der Waals surface area contributed by atoms with Gasteiger partial charge < -0.3 is 24.9 Å². The molecular weight excluding hydrogens is 278 g/mol. The summed E-state index contributed by atoms with van der Waals surface area (Å²) in [5.74, 6) is 0. The van der Waals surface area contributed by atoms with E-state index in [4.69, 9.17) is 5.11 Å². The zero-order valence-corrected chi connectivity index (χ0v) is 15.3. The first-order chi connectivity index (χ1) is 10.6. The Bertz CT molecular complexity index is 216. The summed E-state index contributed by atoms with van der Waals surface area (Å²) < 4.78 is 0. The molecule has 0 heterocycles. The van der Waals surface area contributed by atoms with Crippen LogP contribution in [0.2, 0.25) is 0 Å². The van der Waals surface area contributed by atoms with Crippen molar-refractivity contribution in [2.24, 2.45) is 0 Å². The summed E-state index contributed by atoms with van der Waals surface area (Å²) in [5, 5.41) is 18.8. The van der Waals surface area contributed by atoms with Gasteiger partial charge in [-0.15, -0.1) is 0 Å². The largest absolute Gasteiger partial charge is 0.394 e. The van der Waals surface area contributed by atoms with Crippen LogP contribution in [0.3, 0.4) is 0 Å². The van der Waals surface area contributed by atoms with E-state index < -0.39 is 6.10 Å². The summed E-state index contributed by atoms with van der Waals surface area (Å²) in [6.45, 7) is 17.8. The number of aliphatic hydroxyl groups excluding tert-OH is 2. The maximum absolute atomic E-state index is 9.72. The third-order valence-corrected chi connectivity index (χ3v) is 4.37. The molecule has 0 radical (unpaired) electrons. The van der Waals surface area contributed by atoms with Gasteiger partial charge in [-0.3, -0.25) is 0 Å². The highest BCUT2D eigenvalue weighted by molar-refractivity contribution is 4.67. The predicted molar refractivity (Wildman–Crippen MR) is 94.3 cm³/mol. The average molecular weight is 318 g/mol. The first-order valence-electron chi connectivity index (χ1n) is 9.07. The minimum Gasteiger partial charge on any atom is -0.394 e. The molecule has 1 atom stereocenters. The second kappa shape index (κ2) is 14.4. The van der Waals surface area contributed by atoms with E-state index in [0.29, 0.717) is 6.54 Å². The molecule has 0 amide bonds. The van der Waals surface area contributed by atoms with E-state index in [1.165, 1.54) is 0 Å². The van der Waals surface area contributed by atoms with Crippen LogP contribution in [0.4, 0.5) is 0 Å². The summed E-state index contributed by atoms with van der Waals surface area (Å²) in [7, 11) is 0. The van der Waals surface area contributed by atoms with E-state index in [9.17, 15) is 5.11 Å². The SMILES string of the molecule is CCN(CC)CCCN(CCCN(CC)CC)CC(O)CO. The van der Waals surface area contributed by atoms with Crippen molar-refractivity contribution in [2.45, 2.75) is 46.6 Å². The van der Waals surface area contributed by atoms with E-state index in [0.717, 1.165) is 65.2 Å². The van der Waals surface area contributed by atoms with Gasteiger partial charge in [0.2, 0.25) is 0 Å². The van der Waals surface area contributed by atoms with Crippen LogP contribution in [0, 0.1) is 0 Å². The minimum absolute atomic E-state index is 0.150. The molecule has 0 fully saturated rings. The maximum Gasteiger partial charge on any atom is 0.0897 e. The minimum atomic E-state index is -0.623. The average Bonchev–Trinajstić information content (AvgIpc) is 2.55. The molecule has 0 rings (SSSR count). The van der Waals surface area contributed by atoms with Crippen molar-refractivity contribution in [2.75, 3.05) is 65.5 Å². The van der Waals surface area contributed by atoms with Gasteiger partial charge in [-0.25, -0.2) is 0 Å². The molecule has 0 saturated carbocycles. The van der Waals surface area contributed by atoms with Gasteiger partial charge in [-0.1, -0.05) is 27.7 Å². The van der Waals surface area contributed by atoms with E-state index in [1.807, 2.05) is 0 Å². The van der Waals surface area contributed by atoms with Crippen LogP contribution in [0.25, 0.3) is 0 Å². The number of nitrogens with zero attached hydrogens (tertiary/aromatic N) is 3. The van der Waals surface area contributed by atoms with Crippen LogP contribution in [0.5, 0.6) is 0 Å². The molecule has 0 bridgehead atoms. The molecule has 0 saturated heterocycles. The Balaban J connectivity index is 4.14. The van der Waals surface area contributed by atoms with Crippen molar-refractivity contribution in [3.05, 3.63) is 0 Å². The molecule has 0 aromatic rings. The normalized spacial score (nSPS) is 13.5. The van der Waals surface area contributed by atoms with Gasteiger partial charge in [-0.05, 0) is 65.2 Å². The fraction of sp³-hybridized carbons (Fsp3) is 1.00. The Morgan fingerprint density at radius 2 is 1.05 bits per heavy atom. The lowest BCUT2D eigenvalue weighted by Crippen LogP contribution is -2.38. The van der Waals surface area contributed by atoms with E-state index in [2.05, 4.69) is 42.4 Å². The van der Waals surface area contributed by atoms with Gasteiger partial charge in [0.05, 0.1) is 12.7 Å². The molecular formula is C17H39N3O2. The smallest absolute Gasteiger partial charge is 0.0897 e. The topological polar surface area (TPSA) is 50.2 Å². The van der Waals surface area contributed by atoms with Gasteiger partial charge in [0.1, 0.15) is 0 Å². The summed E-state index contributed by atoms with van der Waals surface area (Å²) in [6.07, 6.45) is 1.61. The van der Waals surface area contributed by atoms with Crippen molar-refractivity contribution in [3.63, 3.8) is 0 Å². The number of hydrogen-bond acceptors (Lipinski definition) is 5. The molecule has 0 spiro atoms. The van der Waals surface area contributed by atoms with E-state index >= 15 is 0 Å². The fourth-order valence-electron chi connectivity index (χ4n) is 2.77.